The minimum atomic E-state index is -0.182. The van der Waals surface area contributed by atoms with Crippen molar-refractivity contribution in [3.8, 4) is 0 Å². The third kappa shape index (κ3) is 3.72. The third-order valence-electron chi connectivity index (χ3n) is 4.94. The Morgan fingerprint density at radius 1 is 1.39 bits per heavy atom. The van der Waals surface area contributed by atoms with Gasteiger partial charge in [-0.1, -0.05) is 24.4 Å². The highest BCUT2D eigenvalue weighted by Gasteiger charge is 2.39. The molecule has 3 rings (SSSR count). The molecule has 0 radical (unpaired) electrons. The van der Waals surface area contributed by atoms with Gasteiger partial charge in [-0.05, 0) is 31.9 Å². The van der Waals surface area contributed by atoms with E-state index in [0.717, 1.165) is 22.1 Å². The molecule has 2 aliphatic rings. The van der Waals surface area contributed by atoms with Gasteiger partial charge in [-0.3, -0.25) is 9.59 Å². The minimum absolute atomic E-state index is 0.103. The summed E-state index contributed by atoms with van der Waals surface area (Å²) in [5.74, 6) is 0.0785. The van der Waals surface area contributed by atoms with Crippen LogP contribution in [0.4, 0.5) is 0 Å². The summed E-state index contributed by atoms with van der Waals surface area (Å²) in [7, 11) is 0. The van der Waals surface area contributed by atoms with E-state index < -0.39 is 0 Å². The van der Waals surface area contributed by atoms with E-state index in [1.165, 1.54) is 24.2 Å². The molecule has 2 fully saturated rings. The van der Waals surface area contributed by atoms with Gasteiger partial charge in [0.2, 0.25) is 11.8 Å². The highest BCUT2D eigenvalue weighted by atomic mass is 35.5. The van der Waals surface area contributed by atoms with Crippen LogP contribution in [0.3, 0.4) is 0 Å². The maximum atomic E-state index is 12.8. The van der Waals surface area contributed by atoms with Gasteiger partial charge in [-0.2, -0.15) is 0 Å². The highest BCUT2D eigenvalue weighted by Crippen LogP contribution is 2.31. The van der Waals surface area contributed by atoms with Gasteiger partial charge in [-0.25, -0.2) is 0 Å². The second kappa shape index (κ2) is 7.22. The number of rotatable bonds is 5. The molecule has 1 saturated heterocycles. The van der Waals surface area contributed by atoms with E-state index in [4.69, 9.17) is 11.6 Å². The largest absolute Gasteiger partial charge is 0.339 e. The zero-order chi connectivity index (χ0) is 16.4. The van der Waals surface area contributed by atoms with Crippen LogP contribution in [0.25, 0.3) is 0 Å². The molecule has 2 amide bonds. The molecular weight excluding hydrogens is 332 g/mol. The number of carbonyl (C=O) groups is 2. The van der Waals surface area contributed by atoms with Gasteiger partial charge >= 0.3 is 0 Å². The van der Waals surface area contributed by atoms with Gasteiger partial charge in [0.15, 0.2) is 0 Å². The summed E-state index contributed by atoms with van der Waals surface area (Å²) in [4.78, 5) is 30.0. The van der Waals surface area contributed by atoms with Crippen molar-refractivity contribution < 1.29 is 9.59 Å². The molecule has 1 aromatic heterocycles. The quantitative estimate of drug-likeness (QED) is 0.811. The second-order valence-corrected chi connectivity index (χ2v) is 8.24. The van der Waals surface area contributed by atoms with Crippen LogP contribution in [0.15, 0.2) is 12.1 Å². The standard InChI is InChI=1S/C17H23ClN2O2S/c1-2-19(11-14-7-8-15(18)23-14)17(22)12-9-16(21)20(10-12)13-5-3-4-6-13/h7-8,12-13H,2-6,9-11H2,1H3. The van der Waals surface area contributed by atoms with Gasteiger partial charge in [0.05, 0.1) is 16.8 Å². The van der Waals surface area contributed by atoms with Crippen LogP contribution in [0.1, 0.15) is 43.9 Å². The predicted molar refractivity (Wildman–Crippen MR) is 92.5 cm³/mol. The normalized spacial score (nSPS) is 22.1. The van der Waals surface area contributed by atoms with E-state index in [1.807, 2.05) is 28.9 Å². The summed E-state index contributed by atoms with van der Waals surface area (Å²) in [6.45, 7) is 3.83. The van der Waals surface area contributed by atoms with E-state index in [9.17, 15) is 9.59 Å². The number of nitrogens with zero attached hydrogens (tertiary/aromatic N) is 2. The van der Waals surface area contributed by atoms with Crippen LogP contribution >= 0.6 is 22.9 Å². The van der Waals surface area contributed by atoms with Crippen LogP contribution in [-0.4, -0.2) is 40.7 Å². The highest BCUT2D eigenvalue weighted by molar-refractivity contribution is 7.16. The van der Waals surface area contributed by atoms with Gasteiger partial charge in [0.1, 0.15) is 0 Å². The Hall–Kier alpha value is -1.07. The molecular formula is C17H23ClN2O2S. The number of carbonyl (C=O) groups excluding carboxylic acids is 2. The number of amides is 2. The molecule has 23 heavy (non-hydrogen) atoms. The first-order valence-electron chi connectivity index (χ1n) is 8.41. The van der Waals surface area contributed by atoms with Crippen molar-refractivity contribution in [1.82, 2.24) is 9.80 Å². The molecule has 0 spiro atoms. The lowest BCUT2D eigenvalue weighted by atomic mass is 10.1. The fourth-order valence-electron chi connectivity index (χ4n) is 3.69. The molecule has 1 aliphatic heterocycles. The lowest BCUT2D eigenvalue weighted by Crippen LogP contribution is -2.38. The average molecular weight is 355 g/mol. The van der Waals surface area contributed by atoms with E-state index in [1.54, 1.807) is 0 Å². The van der Waals surface area contributed by atoms with Crippen molar-refractivity contribution in [2.24, 2.45) is 5.92 Å². The van der Waals surface area contributed by atoms with Crippen LogP contribution in [0.2, 0.25) is 4.34 Å². The van der Waals surface area contributed by atoms with Crippen molar-refractivity contribution in [3.05, 3.63) is 21.3 Å². The zero-order valence-corrected chi connectivity index (χ0v) is 15.0. The topological polar surface area (TPSA) is 40.6 Å². The number of hydrogen-bond donors (Lipinski definition) is 0. The average Bonchev–Trinajstić information content (AvgIpc) is 3.25. The molecule has 4 nitrogen and oxygen atoms in total. The van der Waals surface area contributed by atoms with Gasteiger partial charge in [-0.15, -0.1) is 11.3 Å². The number of hydrogen-bond acceptors (Lipinski definition) is 3. The first-order chi connectivity index (χ1) is 11.1. The van der Waals surface area contributed by atoms with Gasteiger partial charge < -0.3 is 9.80 Å². The van der Waals surface area contributed by atoms with Crippen LogP contribution in [0.5, 0.6) is 0 Å². The molecule has 2 heterocycles. The third-order valence-corrected chi connectivity index (χ3v) is 6.16. The monoisotopic (exact) mass is 354 g/mol. The Morgan fingerprint density at radius 3 is 2.74 bits per heavy atom. The molecule has 126 valence electrons. The van der Waals surface area contributed by atoms with Gasteiger partial charge in [0, 0.05) is 30.4 Å². The maximum absolute atomic E-state index is 12.8. The maximum Gasteiger partial charge on any atom is 0.228 e. The van der Waals surface area contributed by atoms with E-state index in [0.29, 0.717) is 32.1 Å². The van der Waals surface area contributed by atoms with Crippen molar-refractivity contribution in [3.63, 3.8) is 0 Å². The van der Waals surface area contributed by atoms with Crippen LogP contribution < -0.4 is 0 Å². The van der Waals surface area contributed by atoms with Crippen molar-refractivity contribution in [1.29, 1.82) is 0 Å². The molecule has 1 aliphatic carbocycles. The SMILES string of the molecule is CCN(Cc1ccc(Cl)s1)C(=O)C1CC(=O)N(C2CCCC2)C1. The summed E-state index contributed by atoms with van der Waals surface area (Å²) in [5, 5.41) is 0. The van der Waals surface area contributed by atoms with E-state index >= 15 is 0 Å². The lowest BCUT2D eigenvalue weighted by molar-refractivity contribution is -0.136. The number of thiophene rings is 1. The molecule has 1 aromatic rings. The molecule has 0 aromatic carbocycles. The van der Waals surface area contributed by atoms with Crippen molar-refractivity contribution >= 4 is 34.8 Å². The first-order valence-corrected chi connectivity index (χ1v) is 9.60. The fourth-order valence-corrected chi connectivity index (χ4v) is 4.80. The minimum Gasteiger partial charge on any atom is -0.339 e. The van der Waals surface area contributed by atoms with Crippen LogP contribution in [-0.2, 0) is 16.1 Å². The number of likely N-dealkylation sites (tertiary alicyclic amines) is 1. The second-order valence-electron chi connectivity index (χ2n) is 6.44. The van der Waals surface area contributed by atoms with Crippen molar-refractivity contribution in [2.45, 2.75) is 51.6 Å². The van der Waals surface area contributed by atoms with E-state index in [-0.39, 0.29) is 17.7 Å². The van der Waals surface area contributed by atoms with Gasteiger partial charge in [0.25, 0.3) is 0 Å². The molecule has 6 heteroatoms. The Kier molecular flexibility index (Phi) is 5.27. The number of halogens is 1. The molecule has 1 unspecified atom stereocenters. The summed E-state index contributed by atoms with van der Waals surface area (Å²) < 4.78 is 0.743. The first kappa shape index (κ1) is 16.8. The Morgan fingerprint density at radius 2 is 2.13 bits per heavy atom. The molecule has 1 saturated carbocycles. The Bertz CT molecular complexity index is 583. The van der Waals surface area contributed by atoms with Crippen LogP contribution in [0, 0.1) is 5.92 Å². The van der Waals surface area contributed by atoms with Crippen molar-refractivity contribution in [2.75, 3.05) is 13.1 Å². The predicted octanol–water partition coefficient (Wildman–Crippen LogP) is 3.54. The summed E-state index contributed by atoms with van der Waals surface area (Å²) in [6, 6.07) is 4.19. The smallest absolute Gasteiger partial charge is 0.228 e. The Labute approximate surface area is 146 Å². The molecule has 1 atom stereocenters. The molecule has 0 N–H and O–H groups in total. The fraction of sp³-hybridized carbons (Fsp3) is 0.647. The zero-order valence-electron chi connectivity index (χ0n) is 13.5. The summed E-state index contributed by atoms with van der Waals surface area (Å²) in [5.41, 5.74) is 0. The summed E-state index contributed by atoms with van der Waals surface area (Å²) >= 11 is 7.48. The van der Waals surface area contributed by atoms with E-state index in [2.05, 4.69) is 0 Å². The lowest BCUT2D eigenvalue weighted by Gasteiger charge is -2.26. The molecule has 0 bridgehead atoms. The summed E-state index contributed by atoms with van der Waals surface area (Å²) in [6.07, 6.45) is 4.97. The Balaban J connectivity index is 1.63.